The van der Waals surface area contributed by atoms with E-state index < -0.39 is 22.7 Å². The Hall–Kier alpha value is -2.89. The average Bonchev–Trinajstić information content (AvgIpc) is 3.57. The van der Waals surface area contributed by atoms with Gasteiger partial charge in [0.1, 0.15) is 11.5 Å². The first-order valence-electron chi connectivity index (χ1n) is 15.5. The van der Waals surface area contributed by atoms with Gasteiger partial charge in [-0.05, 0) is 64.3 Å². The lowest BCUT2D eigenvalue weighted by Crippen LogP contribution is -2.66. The molecule has 10 heteroatoms. The molecule has 0 spiro atoms. The minimum Gasteiger partial charge on any atom is -0.408 e. The van der Waals surface area contributed by atoms with Crippen LogP contribution in [0.4, 0.5) is 5.82 Å². The molecule has 0 amide bonds. The summed E-state index contributed by atoms with van der Waals surface area (Å²) in [5.41, 5.74) is 16.5. The SMILES string of the molecule is CC(C)(C)[Si](C)(C)O[C@H](CN=[N+]=[N-])c1ncn([C@H]2CC[C@@H](CO[Si](c3ccccc3)(c3ccccc3)C(C)(C)C)C2)c1N. The van der Waals surface area contributed by atoms with Crippen molar-refractivity contribution < 1.29 is 8.85 Å². The van der Waals surface area contributed by atoms with Crippen LogP contribution in [0.25, 0.3) is 10.4 Å². The van der Waals surface area contributed by atoms with E-state index in [1.54, 1.807) is 0 Å². The fourth-order valence-corrected chi connectivity index (χ4v) is 12.1. The van der Waals surface area contributed by atoms with E-state index in [-0.39, 0.29) is 22.7 Å². The third-order valence-electron chi connectivity index (χ3n) is 9.58. The number of nitrogen functional groups attached to an aromatic ring is 1. The van der Waals surface area contributed by atoms with Crippen LogP contribution in [0, 0.1) is 5.92 Å². The van der Waals surface area contributed by atoms with Crippen LogP contribution >= 0.6 is 0 Å². The molecule has 43 heavy (non-hydrogen) atoms. The molecule has 3 aromatic rings. The molecule has 1 heterocycles. The topological polar surface area (TPSA) is 111 Å². The lowest BCUT2D eigenvalue weighted by molar-refractivity contribution is 0.188. The Kier molecular flexibility index (Phi) is 9.98. The zero-order chi connectivity index (χ0) is 31.5. The molecule has 1 aromatic heterocycles. The largest absolute Gasteiger partial charge is 0.408 e. The second kappa shape index (κ2) is 13.0. The lowest BCUT2D eigenvalue weighted by atomic mass is 10.1. The number of aromatic nitrogens is 2. The fourth-order valence-electron chi connectivity index (χ4n) is 6.20. The normalized spacial score (nSPS) is 18.8. The first kappa shape index (κ1) is 33.0. The number of anilines is 1. The highest BCUT2D eigenvalue weighted by molar-refractivity contribution is 6.99. The van der Waals surface area contributed by atoms with Gasteiger partial charge in [-0.1, -0.05) is 107 Å². The predicted molar refractivity (Wildman–Crippen MR) is 182 cm³/mol. The molecule has 0 unspecified atom stereocenters. The molecule has 1 saturated carbocycles. The minimum atomic E-state index is -2.59. The highest BCUT2D eigenvalue weighted by Gasteiger charge is 2.50. The van der Waals surface area contributed by atoms with E-state index in [1.807, 2.05) is 6.33 Å². The van der Waals surface area contributed by atoms with Crippen molar-refractivity contribution >= 4 is 32.8 Å². The average molecular weight is 619 g/mol. The van der Waals surface area contributed by atoms with Crippen LogP contribution in [0.5, 0.6) is 0 Å². The summed E-state index contributed by atoms with van der Waals surface area (Å²) in [7, 11) is -4.75. The molecule has 232 valence electrons. The number of benzene rings is 2. The summed E-state index contributed by atoms with van der Waals surface area (Å²) < 4.78 is 16.0. The van der Waals surface area contributed by atoms with Crippen molar-refractivity contribution in [3.05, 3.63) is 83.1 Å². The molecular weight excluding hydrogens is 569 g/mol. The fraction of sp³-hybridized carbons (Fsp3) is 0.545. The van der Waals surface area contributed by atoms with Gasteiger partial charge in [0.2, 0.25) is 0 Å². The van der Waals surface area contributed by atoms with Gasteiger partial charge in [0.05, 0.1) is 19.0 Å². The second-order valence-corrected chi connectivity index (χ2v) is 23.6. The summed E-state index contributed by atoms with van der Waals surface area (Å²) in [5.74, 6) is 1.02. The molecule has 0 bridgehead atoms. The van der Waals surface area contributed by atoms with Crippen molar-refractivity contribution in [3.63, 3.8) is 0 Å². The molecule has 2 N–H and O–H groups in total. The van der Waals surface area contributed by atoms with Crippen molar-refractivity contribution in [3.8, 4) is 0 Å². The molecule has 1 fully saturated rings. The summed E-state index contributed by atoms with van der Waals surface area (Å²) in [6.45, 7) is 18.8. The first-order chi connectivity index (χ1) is 20.2. The van der Waals surface area contributed by atoms with E-state index in [0.29, 0.717) is 24.0 Å². The highest BCUT2D eigenvalue weighted by Crippen LogP contribution is 2.43. The van der Waals surface area contributed by atoms with Crippen molar-refractivity contribution in [2.75, 3.05) is 18.9 Å². The maximum atomic E-state index is 9.05. The quantitative estimate of drug-likeness (QED) is 0.102. The molecule has 1 aliphatic carbocycles. The molecule has 8 nitrogen and oxygen atoms in total. The van der Waals surface area contributed by atoms with Crippen LogP contribution in [-0.4, -0.2) is 39.3 Å². The van der Waals surface area contributed by atoms with Crippen molar-refractivity contribution in [1.82, 2.24) is 9.55 Å². The van der Waals surface area contributed by atoms with Gasteiger partial charge in [-0.3, -0.25) is 0 Å². The van der Waals surface area contributed by atoms with Gasteiger partial charge in [0.25, 0.3) is 8.32 Å². The Balaban J connectivity index is 1.55. The van der Waals surface area contributed by atoms with E-state index in [9.17, 15) is 0 Å². The summed E-state index contributed by atoms with van der Waals surface area (Å²) in [4.78, 5) is 7.72. The Morgan fingerprint density at radius 3 is 2.07 bits per heavy atom. The number of nitrogens with two attached hydrogens (primary N) is 1. The van der Waals surface area contributed by atoms with Crippen LogP contribution < -0.4 is 16.1 Å². The number of rotatable bonds is 11. The minimum absolute atomic E-state index is 0.00268. The van der Waals surface area contributed by atoms with Crippen LogP contribution in [0.3, 0.4) is 0 Å². The summed E-state index contributed by atoms with van der Waals surface area (Å²) in [5, 5.41) is 6.41. The third kappa shape index (κ3) is 6.94. The van der Waals surface area contributed by atoms with E-state index in [0.717, 1.165) is 19.3 Å². The molecule has 3 atom stereocenters. The summed E-state index contributed by atoms with van der Waals surface area (Å²) in [6, 6.07) is 21.9. The maximum absolute atomic E-state index is 9.05. The smallest absolute Gasteiger partial charge is 0.261 e. The Bertz CT molecular complexity index is 1350. The first-order valence-corrected chi connectivity index (χ1v) is 20.3. The van der Waals surface area contributed by atoms with Crippen LogP contribution in [0.2, 0.25) is 23.2 Å². The van der Waals surface area contributed by atoms with E-state index in [1.165, 1.54) is 10.4 Å². The molecule has 1 aliphatic rings. The number of azide groups is 1. The number of hydrogen-bond donors (Lipinski definition) is 1. The summed E-state index contributed by atoms with van der Waals surface area (Å²) in [6.07, 6.45) is 4.44. The molecule has 0 saturated heterocycles. The number of nitrogens with zero attached hydrogens (tertiary/aromatic N) is 5. The number of hydrogen-bond acceptors (Lipinski definition) is 5. The van der Waals surface area contributed by atoms with Crippen LogP contribution in [-0.2, 0) is 8.85 Å². The van der Waals surface area contributed by atoms with Crippen LogP contribution in [0.15, 0.2) is 72.1 Å². The standard InChI is InChI=1S/C33H50N6O2Si2/c1-32(2,3)42(7,8)41-29(22-37-38-35)30-31(34)39(24-36-30)26-20-19-25(21-26)23-40-43(33(4,5)6,27-15-11-9-12-16-27)28-17-13-10-14-18-28/h9-18,24-26,29H,19-23,34H2,1-8H3/t25-,26+,29-/m1/s1. The zero-order valence-corrected chi connectivity index (χ0v) is 29.2. The van der Waals surface area contributed by atoms with Crippen molar-refractivity contribution in [2.45, 2.75) is 96.1 Å². The van der Waals surface area contributed by atoms with E-state index in [2.05, 4.69) is 130 Å². The Morgan fingerprint density at radius 1 is 0.977 bits per heavy atom. The molecule has 0 radical (unpaired) electrons. The van der Waals surface area contributed by atoms with Gasteiger partial charge in [-0.15, -0.1) is 0 Å². The van der Waals surface area contributed by atoms with Gasteiger partial charge in [0.15, 0.2) is 8.32 Å². The molecule has 4 rings (SSSR count). The van der Waals surface area contributed by atoms with Gasteiger partial charge in [0, 0.05) is 17.6 Å². The van der Waals surface area contributed by atoms with Gasteiger partial charge in [-0.25, -0.2) is 4.98 Å². The maximum Gasteiger partial charge on any atom is 0.261 e. The number of imidazole rings is 1. The lowest BCUT2D eigenvalue weighted by Gasteiger charge is -2.43. The zero-order valence-electron chi connectivity index (χ0n) is 27.2. The van der Waals surface area contributed by atoms with Crippen LogP contribution in [0.1, 0.15) is 78.6 Å². The van der Waals surface area contributed by atoms with Gasteiger partial charge >= 0.3 is 0 Å². The molecule has 2 aromatic carbocycles. The van der Waals surface area contributed by atoms with E-state index >= 15 is 0 Å². The molecular formula is C33H50N6O2Si2. The monoisotopic (exact) mass is 618 g/mol. The second-order valence-electron chi connectivity index (χ2n) is 14.5. The Labute approximate surface area is 259 Å². The van der Waals surface area contributed by atoms with E-state index in [4.69, 9.17) is 25.1 Å². The summed E-state index contributed by atoms with van der Waals surface area (Å²) >= 11 is 0. The van der Waals surface area contributed by atoms with Crippen molar-refractivity contribution in [1.29, 1.82) is 0 Å². The van der Waals surface area contributed by atoms with Gasteiger partial charge < -0.3 is 19.2 Å². The molecule has 0 aliphatic heterocycles. The predicted octanol–water partition coefficient (Wildman–Crippen LogP) is 7.76. The van der Waals surface area contributed by atoms with Crippen molar-refractivity contribution in [2.24, 2.45) is 11.0 Å². The Morgan fingerprint density at radius 2 is 1.56 bits per heavy atom. The third-order valence-corrected chi connectivity index (χ3v) is 19.1. The highest BCUT2D eigenvalue weighted by atomic mass is 28.4. The van der Waals surface area contributed by atoms with Gasteiger partial charge in [-0.2, -0.15) is 0 Å².